The van der Waals surface area contributed by atoms with E-state index in [-0.39, 0.29) is 5.82 Å². The zero-order valence-corrected chi connectivity index (χ0v) is 7.50. The topological polar surface area (TPSA) is 26.0 Å². The lowest BCUT2D eigenvalue weighted by atomic mass is 10.3. The lowest BCUT2D eigenvalue weighted by Crippen LogP contribution is -1.71. The molecule has 0 saturated heterocycles. The molecular weight excluding hydrogens is 260 g/mol. The predicted octanol–water partition coefficient (Wildman–Crippen LogP) is 2.57. The van der Waals surface area contributed by atoms with E-state index in [0.717, 1.165) is 9.09 Å². The highest BCUT2D eigenvalue weighted by atomic mass is 127. The van der Waals surface area contributed by atoms with Gasteiger partial charge in [0.1, 0.15) is 5.82 Å². The molecule has 0 spiro atoms. The summed E-state index contributed by atoms with van der Waals surface area (Å²) in [4.78, 5) is 0. The van der Waals surface area contributed by atoms with E-state index in [1.165, 1.54) is 12.1 Å². The molecule has 0 aliphatic heterocycles. The number of hydrogen-bond acceptors (Lipinski definition) is 2. The van der Waals surface area contributed by atoms with Crippen molar-refractivity contribution >= 4 is 33.6 Å². The van der Waals surface area contributed by atoms with E-state index in [4.69, 9.17) is 4.52 Å². The first-order chi connectivity index (χ1) is 5.27. The molecule has 56 valence electrons. The highest BCUT2D eigenvalue weighted by molar-refractivity contribution is 14.1. The molecule has 4 heteroatoms. The van der Waals surface area contributed by atoms with Gasteiger partial charge in [-0.15, -0.1) is 0 Å². The van der Waals surface area contributed by atoms with E-state index in [1.807, 2.05) is 22.6 Å². The van der Waals surface area contributed by atoms with Crippen molar-refractivity contribution < 1.29 is 8.91 Å². The Morgan fingerprint density at radius 3 is 3.09 bits per heavy atom. The third-order valence-corrected chi connectivity index (χ3v) is 2.17. The van der Waals surface area contributed by atoms with Crippen LogP contribution in [0.4, 0.5) is 4.39 Å². The second-order valence-corrected chi connectivity index (χ2v) is 3.14. The number of benzene rings is 1. The Morgan fingerprint density at radius 1 is 1.45 bits per heavy atom. The standard InChI is InChI=1S/C7H3FINO/c8-4-1-2-5-6(3-4)11-10-7(5)9/h1-3H. The number of nitrogens with zero attached hydrogens (tertiary/aromatic N) is 1. The second-order valence-electron chi connectivity index (χ2n) is 2.11. The van der Waals surface area contributed by atoms with E-state index >= 15 is 0 Å². The molecule has 0 atom stereocenters. The predicted molar refractivity (Wildman–Crippen MR) is 46.7 cm³/mol. The number of aromatic nitrogens is 1. The van der Waals surface area contributed by atoms with Crippen LogP contribution >= 0.6 is 22.6 Å². The largest absolute Gasteiger partial charge is 0.355 e. The van der Waals surface area contributed by atoms with Crippen molar-refractivity contribution in [2.75, 3.05) is 0 Å². The smallest absolute Gasteiger partial charge is 0.170 e. The third kappa shape index (κ3) is 1.11. The Labute approximate surface area is 75.5 Å². The van der Waals surface area contributed by atoms with Gasteiger partial charge in [-0.3, -0.25) is 0 Å². The maximum Gasteiger partial charge on any atom is 0.170 e. The average molecular weight is 263 g/mol. The first-order valence-electron chi connectivity index (χ1n) is 2.98. The molecule has 0 saturated carbocycles. The molecule has 1 heterocycles. The van der Waals surface area contributed by atoms with Gasteiger partial charge in [0, 0.05) is 6.07 Å². The molecule has 0 aliphatic carbocycles. The fourth-order valence-corrected chi connectivity index (χ4v) is 1.42. The van der Waals surface area contributed by atoms with Crippen molar-refractivity contribution in [3.05, 3.63) is 27.7 Å². The van der Waals surface area contributed by atoms with Crippen molar-refractivity contribution in [3.63, 3.8) is 0 Å². The summed E-state index contributed by atoms with van der Waals surface area (Å²) in [7, 11) is 0. The molecule has 11 heavy (non-hydrogen) atoms. The zero-order chi connectivity index (χ0) is 7.84. The molecule has 2 aromatic rings. The van der Waals surface area contributed by atoms with Crippen LogP contribution in [-0.2, 0) is 0 Å². The van der Waals surface area contributed by atoms with Crippen molar-refractivity contribution in [2.45, 2.75) is 0 Å². The molecule has 0 unspecified atom stereocenters. The highest BCUT2D eigenvalue weighted by Crippen LogP contribution is 2.20. The lowest BCUT2D eigenvalue weighted by Gasteiger charge is -1.85. The molecule has 0 bridgehead atoms. The molecule has 2 nitrogen and oxygen atoms in total. The monoisotopic (exact) mass is 263 g/mol. The first kappa shape index (κ1) is 7.02. The Kier molecular flexibility index (Phi) is 1.56. The average Bonchev–Trinajstić information content (AvgIpc) is 2.32. The minimum absolute atomic E-state index is 0.301. The molecule has 0 aliphatic rings. The summed E-state index contributed by atoms with van der Waals surface area (Å²) >= 11 is 2.04. The fraction of sp³-hybridized carbons (Fsp3) is 0. The Morgan fingerprint density at radius 2 is 2.27 bits per heavy atom. The van der Waals surface area contributed by atoms with Gasteiger partial charge in [0.2, 0.25) is 0 Å². The number of halogens is 2. The fourth-order valence-electron chi connectivity index (χ4n) is 0.881. The molecule has 1 aromatic carbocycles. The molecule has 0 fully saturated rings. The van der Waals surface area contributed by atoms with Gasteiger partial charge in [-0.1, -0.05) is 5.16 Å². The quantitative estimate of drug-likeness (QED) is 0.683. The maximum atomic E-state index is 12.6. The zero-order valence-electron chi connectivity index (χ0n) is 5.34. The highest BCUT2D eigenvalue weighted by Gasteiger charge is 2.04. The summed E-state index contributed by atoms with van der Waals surface area (Å²) in [6, 6.07) is 4.37. The van der Waals surface area contributed by atoms with Crippen molar-refractivity contribution in [3.8, 4) is 0 Å². The Bertz CT molecular complexity index is 398. The van der Waals surface area contributed by atoms with Gasteiger partial charge >= 0.3 is 0 Å². The summed E-state index contributed by atoms with van der Waals surface area (Å²) in [5.74, 6) is -0.301. The van der Waals surface area contributed by atoms with E-state index in [0.29, 0.717) is 5.58 Å². The van der Waals surface area contributed by atoms with Gasteiger partial charge in [-0.05, 0) is 34.7 Å². The van der Waals surface area contributed by atoms with Gasteiger partial charge in [-0.2, -0.15) is 0 Å². The van der Waals surface area contributed by atoms with Crippen LogP contribution in [0.25, 0.3) is 11.0 Å². The summed E-state index contributed by atoms with van der Waals surface area (Å²) < 4.78 is 18.1. The summed E-state index contributed by atoms with van der Waals surface area (Å²) in [6.07, 6.45) is 0. The minimum atomic E-state index is -0.301. The van der Waals surface area contributed by atoms with Crippen LogP contribution < -0.4 is 0 Å². The normalized spacial score (nSPS) is 10.7. The van der Waals surface area contributed by atoms with Crippen LogP contribution in [0, 0.1) is 9.52 Å². The van der Waals surface area contributed by atoms with Crippen LogP contribution in [0.5, 0.6) is 0 Å². The van der Waals surface area contributed by atoms with Crippen molar-refractivity contribution in [1.29, 1.82) is 0 Å². The van der Waals surface area contributed by atoms with E-state index in [9.17, 15) is 4.39 Å². The van der Waals surface area contributed by atoms with Crippen LogP contribution in [0.15, 0.2) is 22.7 Å². The SMILES string of the molecule is Fc1ccc2c(I)noc2c1. The maximum absolute atomic E-state index is 12.6. The third-order valence-electron chi connectivity index (χ3n) is 1.39. The molecule has 0 amide bonds. The van der Waals surface area contributed by atoms with Crippen LogP contribution in [0.2, 0.25) is 0 Å². The van der Waals surface area contributed by atoms with Crippen molar-refractivity contribution in [1.82, 2.24) is 5.16 Å². The van der Waals surface area contributed by atoms with E-state index in [2.05, 4.69) is 5.16 Å². The van der Waals surface area contributed by atoms with Crippen LogP contribution in [0.1, 0.15) is 0 Å². The van der Waals surface area contributed by atoms with Gasteiger partial charge in [-0.25, -0.2) is 4.39 Å². The molecule has 2 rings (SSSR count). The Hall–Kier alpha value is -0.650. The summed E-state index contributed by atoms with van der Waals surface area (Å²) in [5, 5.41) is 4.54. The van der Waals surface area contributed by atoms with Crippen LogP contribution in [-0.4, -0.2) is 5.16 Å². The molecule has 1 aromatic heterocycles. The number of fused-ring (bicyclic) bond motifs is 1. The first-order valence-corrected chi connectivity index (χ1v) is 4.06. The van der Waals surface area contributed by atoms with Gasteiger partial charge < -0.3 is 4.52 Å². The number of hydrogen-bond donors (Lipinski definition) is 0. The second kappa shape index (κ2) is 2.44. The van der Waals surface area contributed by atoms with Gasteiger partial charge in [0.25, 0.3) is 0 Å². The van der Waals surface area contributed by atoms with Crippen molar-refractivity contribution in [2.24, 2.45) is 0 Å². The van der Waals surface area contributed by atoms with E-state index in [1.54, 1.807) is 6.07 Å². The summed E-state index contributed by atoms with van der Waals surface area (Å²) in [5.41, 5.74) is 0.495. The van der Waals surface area contributed by atoms with Gasteiger partial charge in [0.15, 0.2) is 9.28 Å². The molecular formula is C7H3FINO. The van der Waals surface area contributed by atoms with Crippen LogP contribution in [0.3, 0.4) is 0 Å². The lowest BCUT2D eigenvalue weighted by molar-refractivity contribution is 0.449. The molecule has 0 radical (unpaired) electrons. The Balaban J connectivity index is 2.86. The minimum Gasteiger partial charge on any atom is -0.355 e. The van der Waals surface area contributed by atoms with E-state index < -0.39 is 0 Å². The van der Waals surface area contributed by atoms with Gasteiger partial charge in [0.05, 0.1) is 5.39 Å². The molecule has 0 N–H and O–H groups in total. The summed E-state index contributed by atoms with van der Waals surface area (Å²) in [6.45, 7) is 0. The number of rotatable bonds is 0.